The van der Waals surface area contributed by atoms with Crippen molar-refractivity contribution in [3.05, 3.63) is 64.9 Å². The first-order chi connectivity index (χ1) is 7.74. The molecule has 16 heavy (non-hydrogen) atoms. The van der Waals surface area contributed by atoms with Gasteiger partial charge in [-0.1, -0.05) is 35.9 Å². The van der Waals surface area contributed by atoms with E-state index in [0.717, 1.165) is 10.6 Å². The summed E-state index contributed by atoms with van der Waals surface area (Å²) in [6.07, 6.45) is 8.22. The summed E-state index contributed by atoms with van der Waals surface area (Å²) in [4.78, 5) is 0. The number of nitrogens with zero attached hydrogens (tertiary/aromatic N) is 1. The summed E-state index contributed by atoms with van der Waals surface area (Å²) in [7, 11) is 2.01. The lowest BCUT2D eigenvalue weighted by atomic mass is 10.1. The first-order valence-electron chi connectivity index (χ1n) is 5.13. The third-order valence-electron chi connectivity index (χ3n) is 2.34. The van der Waals surface area contributed by atoms with E-state index >= 15 is 0 Å². The Morgan fingerprint density at radius 1 is 0.875 bits per heavy atom. The fraction of sp³-hybridized carbons (Fsp3) is 0.0714. The molecule has 2 aromatic rings. The molecule has 1 nitrogen and oxygen atoms in total. The summed E-state index contributed by atoms with van der Waals surface area (Å²) in [6.45, 7) is 0. The van der Waals surface area contributed by atoms with Crippen molar-refractivity contribution < 1.29 is 4.57 Å². The van der Waals surface area contributed by atoms with Gasteiger partial charge in [-0.2, -0.15) is 0 Å². The van der Waals surface area contributed by atoms with E-state index < -0.39 is 0 Å². The van der Waals surface area contributed by atoms with Gasteiger partial charge < -0.3 is 0 Å². The Balaban J connectivity index is 2.15. The highest BCUT2D eigenvalue weighted by molar-refractivity contribution is 6.30. The fourth-order valence-corrected chi connectivity index (χ4v) is 1.52. The zero-order valence-corrected chi connectivity index (χ0v) is 9.85. The Hall–Kier alpha value is -1.60. The molecular weight excluding hydrogens is 218 g/mol. The second-order valence-corrected chi connectivity index (χ2v) is 4.12. The number of aromatic nitrogens is 1. The van der Waals surface area contributed by atoms with Crippen LogP contribution in [0.1, 0.15) is 11.1 Å². The smallest absolute Gasteiger partial charge is 0.169 e. The van der Waals surface area contributed by atoms with Crippen LogP contribution in [0.2, 0.25) is 5.02 Å². The second kappa shape index (κ2) is 4.95. The van der Waals surface area contributed by atoms with Crippen LogP contribution in [-0.2, 0) is 7.05 Å². The van der Waals surface area contributed by atoms with Crippen LogP contribution in [0.15, 0.2) is 48.8 Å². The minimum atomic E-state index is 0.767. The zero-order valence-electron chi connectivity index (χ0n) is 9.10. The molecule has 0 spiro atoms. The molecular formula is C14H13ClN+. The topological polar surface area (TPSA) is 3.88 Å². The number of hydrogen-bond donors (Lipinski definition) is 0. The van der Waals surface area contributed by atoms with E-state index in [0.29, 0.717) is 0 Å². The molecule has 1 aromatic carbocycles. The maximum Gasteiger partial charge on any atom is 0.169 e. The van der Waals surface area contributed by atoms with Crippen LogP contribution >= 0.6 is 11.6 Å². The minimum absolute atomic E-state index is 0.767. The molecule has 0 amide bonds. The molecule has 2 heteroatoms. The molecule has 0 saturated carbocycles. The number of benzene rings is 1. The molecule has 0 aliphatic rings. The number of halogens is 1. The van der Waals surface area contributed by atoms with Gasteiger partial charge in [-0.15, -0.1) is 0 Å². The van der Waals surface area contributed by atoms with Crippen molar-refractivity contribution >= 4 is 23.8 Å². The maximum atomic E-state index is 5.82. The molecule has 0 N–H and O–H groups in total. The highest BCUT2D eigenvalue weighted by Crippen LogP contribution is 2.12. The van der Waals surface area contributed by atoms with Gasteiger partial charge in [-0.25, -0.2) is 4.57 Å². The largest absolute Gasteiger partial charge is 0.208 e. The van der Waals surface area contributed by atoms with Crippen molar-refractivity contribution in [3.8, 4) is 0 Å². The van der Waals surface area contributed by atoms with E-state index in [1.165, 1.54) is 5.56 Å². The van der Waals surface area contributed by atoms with Crippen molar-refractivity contribution in [2.24, 2.45) is 7.05 Å². The Kier molecular flexibility index (Phi) is 3.37. The molecule has 0 saturated heterocycles. The van der Waals surface area contributed by atoms with Crippen molar-refractivity contribution in [1.82, 2.24) is 0 Å². The number of rotatable bonds is 2. The fourth-order valence-electron chi connectivity index (χ4n) is 1.39. The lowest BCUT2D eigenvalue weighted by Crippen LogP contribution is -2.25. The van der Waals surface area contributed by atoms with Gasteiger partial charge in [0, 0.05) is 17.2 Å². The molecule has 1 heterocycles. The van der Waals surface area contributed by atoms with E-state index in [-0.39, 0.29) is 0 Å². The van der Waals surface area contributed by atoms with Gasteiger partial charge in [-0.05, 0) is 23.3 Å². The highest BCUT2D eigenvalue weighted by atomic mass is 35.5. The Morgan fingerprint density at radius 3 is 1.94 bits per heavy atom. The predicted octanol–water partition coefficient (Wildman–Crippen LogP) is 3.33. The molecule has 0 atom stereocenters. The molecule has 0 radical (unpaired) electrons. The molecule has 80 valence electrons. The van der Waals surface area contributed by atoms with Crippen LogP contribution in [0.3, 0.4) is 0 Å². The molecule has 0 bridgehead atoms. The summed E-state index contributed by atoms with van der Waals surface area (Å²) in [5, 5.41) is 0.767. The van der Waals surface area contributed by atoms with Crippen molar-refractivity contribution in [3.63, 3.8) is 0 Å². The summed E-state index contributed by atoms with van der Waals surface area (Å²) in [5.41, 5.74) is 2.34. The lowest BCUT2D eigenvalue weighted by Gasteiger charge is -1.94. The van der Waals surface area contributed by atoms with Crippen LogP contribution in [-0.4, -0.2) is 0 Å². The van der Waals surface area contributed by atoms with Crippen LogP contribution in [0.5, 0.6) is 0 Å². The monoisotopic (exact) mass is 230 g/mol. The summed E-state index contributed by atoms with van der Waals surface area (Å²) < 4.78 is 2.01. The zero-order chi connectivity index (χ0) is 11.4. The van der Waals surface area contributed by atoms with Crippen LogP contribution in [0, 0.1) is 0 Å². The average Bonchev–Trinajstić information content (AvgIpc) is 2.30. The van der Waals surface area contributed by atoms with Crippen LogP contribution in [0.4, 0.5) is 0 Å². The van der Waals surface area contributed by atoms with Gasteiger partial charge >= 0.3 is 0 Å². The van der Waals surface area contributed by atoms with E-state index in [4.69, 9.17) is 11.6 Å². The van der Waals surface area contributed by atoms with Crippen molar-refractivity contribution in [1.29, 1.82) is 0 Å². The van der Waals surface area contributed by atoms with E-state index in [1.807, 2.05) is 48.3 Å². The van der Waals surface area contributed by atoms with Gasteiger partial charge in [0.2, 0.25) is 0 Å². The number of aryl methyl sites for hydroxylation is 1. The summed E-state index contributed by atoms with van der Waals surface area (Å²) >= 11 is 5.82. The molecule has 0 aliphatic heterocycles. The van der Waals surface area contributed by atoms with Crippen molar-refractivity contribution in [2.45, 2.75) is 0 Å². The minimum Gasteiger partial charge on any atom is -0.208 e. The van der Waals surface area contributed by atoms with Gasteiger partial charge in [0.25, 0.3) is 0 Å². The number of hydrogen-bond acceptors (Lipinski definition) is 0. The first kappa shape index (κ1) is 10.9. The van der Waals surface area contributed by atoms with Crippen molar-refractivity contribution in [2.75, 3.05) is 0 Å². The van der Waals surface area contributed by atoms with Gasteiger partial charge in [0.15, 0.2) is 12.4 Å². The van der Waals surface area contributed by atoms with Gasteiger partial charge in [0.1, 0.15) is 7.05 Å². The van der Waals surface area contributed by atoms with Gasteiger partial charge in [0.05, 0.1) is 0 Å². The van der Waals surface area contributed by atoms with E-state index in [1.54, 1.807) is 0 Å². The molecule has 0 fully saturated rings. The standard InChI is InChI=1S/C14H13ClN/c1-16-10-8-13(9-11-16)3-2-12-4-6-14(15)7-5-12/h2-11H,1H3/q+1/b3-2+. The average molecular weight is 231 g/mol. The Labute approximate surface area is 101 Å². The Bertz CT molecular complexity index is 436. The van der Waals surface area contributed by atoms with Crippen LogP contribution in [0.25, 0.3) is 12.2 Å². The normalized spacial score (nSPS) is 10.9. The second-order valence-electron chi connectivity index (χ2n) is 3.68. The van der Waals surface area contributed by atoms with Crippen LogP contribution < -0.4 is 4.57 Å². The summed E-state index contributed by atoms with van der Waals surface area (Å²) in [6, 6.07) is 11.9. The SMILES string of the molecule is C[n+]1ccc(/C=C/c2ccc(Cl)cc2)cc1. The highest BCUT2D eigenvalue weighted by Gasteiger charge is 1.92. The third kappa shape index (κ3) is 2.94. The molecule has 1 aromatic heterocycles. The first-order valence-corrected chi connectivity index (χ1v) is 5.51. The third-order valence-corrected chi connectivity index (χ3v) is 2.59. The lowest BCUT2D eigenvalue weighted by molar-refractivity contribution is -0.671. The maximum absolute atomic E-state index is 5.82. The predicted molar refractivity (Wildman–Crippen MR) is 68.0 cm³/mol. The Morgan fingerprint density at radius 2 is 1.38 bits per heavy atom. The quantitative estimate of drug-likeness (QED) is 0.697. The molecule has 2 rings (SSSR count). The molecule has 0 unspecified atom stereocenters. The number of pyridine rings is 1. The van der Waals surface area contributed by atoms with E-state index in [9.17, 15) is 0 Å². The van der Waals surface area contributed by atoms with E-state index in [2.05, 4.69) is 24.3 Å². The summed E-state index contributed by atoms with van der Waals surface area (Å²) in [5.74, 6) is 0. The van der Waals surface area contributed by atoms with Gasteiger partial charge in [-0.3, -0.25) is 0 Å². The molecule has 0 aliphatic carbocycles.